The second-order valence-corrected chi connectivity index (χ2v) is 18.9. The molecule has 10 rings (SSSR count). The van der Waals surface area contributed by atoms with E-state index in [0.29, 0.717) is 41.7 Å². The lowest BCUT2D eigenvalue weighted by Crippen LogP contribution is -2.43. The van der Waals surface area contributed by atoms with E-state index in [1.54, 1.807) is 11.1 Å². The molecule has 0 fully saturated rings. The molecular weight excluding hydrogens is 707 g/mol. The van der Waals surface area contributed by atoms with Crippen LogP contribution in [0.1, 0.15) is 110 Å². The lowest BCUT2D eigenvalue weighted by Gasteiger charge is -2.40. The molecule has 0 spiro atoms. The summed E-state index contributed by atoms with van der Waals surface area (Å²) in [6, 6.07) is 0.688. The summed E-state index contributed by atoms with van der Waals surface area (Å²) >= 11 is 0. The van der Waals surface area contributed by atoms with Crippen LogP contribution < -0.4 is 10.6 Å². The van der Waals surface area contributed by atoms with Gasteiger partial charge in [0.05, 0.1) is 6.04 Å². The number of allylic oxidation sites excluding steroid dienone is 18. The Labute approximate surface area is 347 Å². The summed E-state index contributed by atoms with van der Waals surface area (Å²) in [6.07, 6.45) is 55.2. The van der Waals surface area contributed by atoms with Crippen LogP contribution in [0.2, 0.25) is 0 Å². The van der Waals surface area contributed by atoms with Crippen LogP contribution in [-0.4, -0.2) is 35.6 Å². The molecule has 300 valence electrons. The van der Waals surface area contributed by atoms with Crippen LogP contribution in [0, 0.1) is 35.5 Å². The van der Waals surface area contributed by atoms with Gasteiger partial charge >= 0.3 is 0 Å². The van der Waals surface area contributed by atoms with Gasteiger partial charge in [-0.2, -0.15) is 0 Å². The highest BCUT2D eigenvalue weighted by Gasteiger charge is 2.38. The van der Waals surface area contributed by atoms with E-state index in [-0.39, 0.29) is 12.1 Å². The fourth-order valence-corrected chi connectivity index (χ4v) is 11.6. The smallest absolute Gasteiger partial charge is 0.147 e. The van der Waals surface area contributed by atoms with Crippen molar-refractivity contribution in [3.8, 4) is 0 Å². The maximum atomic E-state index is 5.64. The number of rotatable bonds is 7. The van der Waals surface area contributed by atoms with Gasteiger partial charge in [-0.3, -0.25) is 4.99 Å². The Hall–Kier alpha value is -4.51. The van der Waals surface area contributed by atoms with Gasteiger partial charge in [0.25, 0.3) is 0 Å². The molecule has 5 heteroatoms. The minimum absolute atomic E-state index is 0.146. The van der Waals surface area contributed by atoms with Gasteiger partial charge in [-0.25, -0.2) is 9.98 Å². The Kier molecular flexibility index (Phi) is 10.8. The standard InChI is InChI=1S/C53H63N5/c1-34-19-23-47-40(27-34)21-25-49(54-47)44-31-45(50-26-22-41-28-35(2)20-24-48(41)55-50)33-46(32-44)53-57-51(42-17-9-15-38(29-42)36-11-5-3-6-12-36)56-52(58-53)43-18-10-16-39(30-43)37-13-7-4-8-14-37/h3-7,9,11,17-19,23,27-30,33,36-38,40,44,46,49-51,55H,8,10,12-16,20-22,24-26,31-32H2,1-2H3,(H,56,57,58). The predicted molar refractivity (Wildman–Crippen MR) is 243 cm³/mol. The molecule has 0 saturated heterocycles. The normalized spacial score (nSPS) is 35.7. The average Bonchev–Trinajstić information content (AvgIpc) is 3.29. The first-order valence-corrected chi connectivity index (χ1v) is 23.0. The topological polar surface area (TPSA) is 61.1 Å². The van der Waals surface area contributed by atoms with Crippen LogP contribution >= 0.6 is 0 Å². The maximum absolute atomic E-state index is 5.64. The second kappa shape index (κ2) is 16.6. The molecule has 3 heterocycles. The van der Waals surface area contributed by atoms with E-state index in [1.807, 2.05) is 0 Å². The Morgan fingerprint density at radius 2 is 1.66 bits per heavy atom. The fourth-order valence-electron chi connectivity index (χ4n) is 11.6. The van der Waals surface area contributed by atoms with Gasteiger partial charge in [-0.1, -0.05) is 113 Å². The first-order chi connectivity index (χ1) is 28.5. The highest BCUT2D eigenvalue weighted by Crippen LogP contribution is 2.42. The Morgan fingerprint density at radius 1 is 0.707 bits per heavy atom. The third-order valence-corrected chi connectivity index (χ3v) is 14.8. The van der Waals surface area contributed by atoms with Crippen molar-refractivity contribution in [2.24, 2.45) is 50.5 Å². The summed E-state index contributed by atoms with van der Waals surface area (Å²) in [6.45, 7) is 4.52. The molecule has 0 aromatic carbocycles. The van der Waals surface area contributed by atoms with E-state index in [4.69, 9.17) is 15.0 Å². The van der Waals surface area contributed by atoms with Gasteiger partial charge < -0.3 is 10.6 Å². The van der Waals surface area contributed by atoms with Gasteiger partial charge in [0.1, 0.15) is 17.8 Å². The van der Waals surface area contributed by atoms with Crippen LogP contribution in [-0.2, 0) is 0 Å². The minimum atomic E-state index is -0.157. The van der Waals surface area contributed by atoms with Crippen molar-refractivity contribution in [2.45, 2.75) is 128 Å². The predicted octanol–water partition coefficient (Wildman–Crippen LogP) is 11.8. The zero-order chi connectivity index (χ0) is 39.0. The van der Waals surface area contributed by atoms with Gasteiger partial charge in [0, 0.05) is 34.9 Å². The van der Waals surface area contributed by atoms with Crippen LogP contribution in [0.5, 0.6) is 0 Å². The van der Waals surface area contributed by atoms with E-state index in [2.05, 4.69) is 122 Å². The third kappa shape index (κ3) is 8.08. The zero-order valence-electron chi connectivity index (χ0n) is 34.9. The minimum Gasteiger partial charge on any atom is -0.382 e. The first kappa shape index (κ1) is 37.7. The molecule has 5 nitrogen and oxygen atoms in total. The lowest BCUT2D eigenvalue weighted by molar-refractivity contribution is 0.316. The maximum Gasteiger partial charge on any atom is 0.147 e. The van der Waals surface area contributed by atoms with Crippen molar-refractivity contribution in [3.63, 3.8) is 0 Å². The van der Waals surface area contributed by atoms with Crippen LogP contribution in [0.15, 0.2) is 157 Å². The zero-order valence-corrected chi connectivity index (χ0v) is 34.9. The molecule has 9 atom stereocenters. The highest BCUT2D eigenvalue weighted by atomic mass is 15.2. The molecule has 0 radical (unpaired) electrons. The molecule has 0 aromatic rings. The molecule has 2 N–H and O–H groups in total. The summed E-state index contributed by atoms with van der Waals surface area (Å²) in [5.41, 5.74) is 12.9. The summed E-state index contributed by atoms with van der Waals surface area (Å²) in [5.74, 6) is 4.75. The molecule has 0 bridgehead atoms. The van der Waals surface area contributed by atoms with E-state index in [0.717, 1.165) is 88.7 Å². The number of fused-ring (bicyclic) bond motifs is 1. The lowest BCUT2D eigenvalue weighted by atomic mass is 9.72. The number of nitrogens with zero attached hydrogens (tertiary/aromatic N) is 3. The fraction of sp³-hybridized carbons (Fsp3) is 0.491. The number of nitrogens with one attached hydrogen (secondary N) is 2. The second-order valence-electron chi connectivity index (χ2n) is 18.9. The molecule has 0 saturated carbocycles. The number of hydrogen-bond donors (Lipinski definition) is 2. The Bertz CT molecular complexity index is 2150. The van der Waals surface area contributed by atoms with Crippen LogP contribution in [0.3, 0.4) is 0 Å². The van der Waals surface area contributed by atoms with Gasteiger partial charge in [0.2, 0.25) is 0 Å². The SMILES string of the molecule is CC1=CC2CCC(C3CC(C4CCC5=C(CCC(C)=C5)N4)=CC(C4=NC(C5=CC(C6C=CC=CC6)CC=C5)NC(C5=CCCC(C6CC=CCC6)=C5)=N4)C3)N=C2C=C1. The van der Waals surface area contributed by atoms with Crippen molar-refractivity contribution in [3.05, 3.63) is 142 Å². The van der Waals surface area contributed by atoms with Crippen molar-refractivity contribution in [1.29, 1.82) is 0 Å². The van der Waals surface area contributed by atoms with E-state index in [9.17, 15) is 0 Å². The number of aliphatic imine (C=N–C) groups is 3. The quantitative estimate of drug-likeness (QED) is 0.253. The molecule has 9 unspecified atom stereocenters. The summed E-state index contributed by atoms with van der Waals surface area (Å²) in [7, 11) is 0. The van der Waals surface area contributed by atoms with Crippen molar-refractivity contribution in [1.82, 2.24) is 10.6 Å². The molecule has 0 amide bonds. The highest BCUT2D eigenvalue weighted by molar-refractivity contribution is 6.10. The molecular formula is C53H63N5. The van der Waals surface area contributed by atoms with E-state index >= 15 is 0 Å². The first-order valence-electron chi connectivity index (χ1n) is 23.0. The number of amidine groups is 2. The summed E-state index contributed by atoms with van der Waals surface area (Å²) in [4.78, 5) is 16.8. The third-order valence-electron chi connectivity index (χ3n) is 14.8. The van der Waals surface area contributed by atoms with Crippen molar-refractivity contribution >= 4 is 17.4 Å². The number of hydrogen-bond acceptors (Lipinski definition) is 5. The van der Waals surface area contributed by atoms with Gasteiger partial charge in [-0.15, -0.1) is 0 Å². The van der Waals surface area contributed by atoms with Crippen LogP contribution in [0.4, 0.5) is 0 Å². The Morgan fingerprint density at radius 3 is 2.55 bits per heavy atom. The van der Waals surface area contributed by atoms with E-state index < -0.39 is 0 Å². The Balaban J connectivity index is 1.01. The average molecular weight is 770 g/mol. The molecule has 7 aliphatic carbocycles. The largest absolute Gasteiger partial charge is 0.382 e. The van der Waals surface area contributed by atoms with Crippen molar-refractivity contribution in [2.75, 3.05) is 0 Å². The van der Waals surface area contributed by atoms with Crippen molar-refractivity contribution < 1.29 is 0 Å². The van der Waals surface area contributed by atoms with Gasteiger partial charge in [-0.05, 0) is 151 Å². The van der Waals surface area contributed by atoms with E-state index in [1.165, 1.54) is 58.5 Å². The summed E-state index contributed by atoms with van der Waals surface area (Å²) in [5, 5.41) is 8.04. The monoisotopic (exact) mass is 770 g/mol. The molecule has 10 aliphatic rings. The molecule has 3 aliphatic heterocycles. The summed E-state index contributed by atoms with van der Waals surface area (Å²) < 4.78 is 0. The van der Waals surface area contributed by atoms with Gasteiger partial charge in [0.15, 0.2) is 0 Å². The van der Waals surface area contributed by atoms with Crippen LogP contribution in [0.25, 0.3) is 0 Å². The molecule has 58 heavy (non-hydrogen) atoms. The molecule has 0 aromatic heterocycles.